The van der Waals surface area contributed by atoms with Gasteiger partial charge in [0.1, 0.15) is 11.9 Å². The molecule has 2 atom stereocenters. The molecule has 0 amide bonds. The second-order valence-electron chi connectivity index (χ2n) is 5.32. The lowest BCUT2D eigenvalue weighted by atomic mass is 10.1. The van der Waals surface area contributed by atoms with Crippen molar-refractivity contribution in [2.45, 2.75) is 76.5 Å². The number of hydrogen-bond donors (Lipinski definition) is 2. The van der Waals surface area contributed by atoms with E-state index < -0.39 is 0 Å². The van der Waals surface area contributed by atoms with Gasteiger partial charge in [0.2, 0.25) is 0 Å². The molecule has 3 N–H and O–H groups in total. The SMILES string of the molecule is CC1CCC(C(=NC2CCCCCC2)NN)O1. The van der Waals surface area contributed by atoms with Gasteiger partial charge in [0.25, 0.3) is 0 Å². The van der Waals surface area contributed by atoms with Crippen LogP contribution < -0.4 is 11.3 Å². The van der Waals surface area contributed by atoms with Gasteiger partial charge in [0, 0.05) is 0 Å². The van der Waals surface area contributed by atoms with Crippen molar-refractivity contribution in [1.82, 2.24) is 5.43 Å². The van der Waals surface area contributed by atoms with Gasteiger partial charge in [-0.1, -0.05) is 25.7 Å². The van der Waals surface area contributed by atoms with Gasteiger partial charge < -0.3 is 10.2 Å². The molecule has 98 valence electrons. The molecule has 1 aliphatic carbocycles. The summed E-state index contributed by atoms with van der Waals surface area (Å²) in [6.07, 6.45) is 10.3. The molecule has 0 aromatic carbocycles. The summed E-state index contributed by atoms with van der Waals surface area (Å²) < 4.78 is 5.81. The van der Waals surface area contributed by atoms with Crippen molar-refractivity contribution in [2.75, 3.05) is 0 Å². The molecule has 0 spiro atoms. The normalized spacial score (nSPS) is 32.5. The first-order chi connectivity index (χ1) is 8.29. The molecule has 2 rings (SSSR count). The van der Waals surface area contributed by atoms with Gasteiger partial charge >= 0.3 is 0 Å². The number of nitrogens with zero attached hydrogens (tertiary/aromatic N) is 1. The van der Waals surface area contributed by atoms with Crippen LogP contribution in [0.2, 0.25) is 0 Å². The zero-order valence-electron chi connectivity index (χ0n) is 10.8. The van der Waals surface area contributed by atoms with Crippen LogP contribution in [0, 0.1) is 0 Å². The van der Waals surface area contributed by atoms with Gasteiger partial charge in [-0.2, -0.15) is 0 Å². The Kier molecular flexibility index (Phi) is 4.80. The number of nitrogens with two attached hydrogens (primary N) is 1. The van der Waals surface area contributed by atoms with Crippen LogP contribution in [0.25, 0.3) is 0 Å². The number of amidine groups is 1. The maximum atomic E-state index is 5.81. The molecule has 1 aliphatic heterocycles. The Labute approximate surface area is 104 Å². The van der Waals surface area contributed by atoms with Gasteiger partial charge in [-0.25, -0.2) is 5.84 Å². The highest BCUT2D eigenvalue weighted by molar-refractivity contribution is 5.86. The predicted octanol–water partition coefficient (Wildman–Crippen LogP) is 2.14. The molecule has 1 saturated heterocycles. The van der Waals surface area contributed by atoms with Crippen molar-refractivity contribution in [2.24, 2.45) is 10.8 Å². The van der Waals surface area contributed by atoms with Crippen molar-refractivity contribution in [3.05, 3.63) is 0 Å². The van der Waals surface area contributed by atoms with Crippen LogP contribution in [0.1, 0.15) is 58.3 Å². The zero-order chi connectivity index (χ0) is 12.1. The van der Waals surface area contributed by atoms with Crippen LogP contribution >= 0.6 is 0 Å². The molecule has 1 heterocycles. The topological polar surface area (TPSA) is 59.6 Å². The second kappa shape index (κ2) is 6.36. The van der Waals surface area contributed by atoms with Crippen LogP contribution in [-0.2, 0) is 4.74 Å². The van der Waals surface area contributed by atoms with Crippen molar-refractivity contribution in [1.29, 1.82) is 0 Å². The number of hydrogen-bond acceptors (Lipinski definition) is 3. The summed E-state index contributed by atoms with van der Waals surface area (Å²) in [7, 11) is 0. The molecular weight excluding hydrogens is 214 g/mol. The summed E-state index contributed by atoms with van der Waals surface area (Å²) in [5.74, 6) is 6.46. The first-order valence-electron chi connectivity index (χ1n) is 6.99. The predicted molar refractivity (Wildman–Crippen MR) is 69.8 cm³/mol. The highest BCUT2D eigenvalue weighted by atomic mass is 16.5. The van der Waals surface area contributed by atoms with Crippen LogP contribution in [0.5, 0.6) is 0 Å². The molecule has 2 unspecified atom stereocenters. The van der Waals surface area contributed by atoms with Crippen molar-refractivity contribution < 1.29 is 4.74 Å². The molecule has 1 saturated carbocycles. The summed E-state index contributed by atoms with van der Waals surface area (Å²) >= 11 is 0. The van der Waals surface area contributed by atoms with Crippen molar-refractivity contribution >= 4 is 5.84 Å². The number of nitrogens with one attached hydrogen (secondary N) is 1. The van der Waals surface area contributed by atoms with E-state index in [2.05, 4.69) is 12.3 Å². The van der Waals surface area contributed by atoms with Gasteiger partial charge in [-0.3, -0.25) is 4.99 Å². The van der Waals surface area contributed by atoms with E-state index in [1.54, 1.807) is 0 Å². The third-order valence-electron chi connectivity index (χ3n) is 3.83. The molecule has 0 bridgehead atoms. The van der Waals surface area contributed by atoms with Crippen LogP contribution in [0.4, 0.5) is 0 Å². The molecule has 0 aromatic heterocycles. The Balaban J connectivity index is 1.95. The quantitative estimate of drug-likeness (QED) is 0.255. The smallest absolute Gasteiger partial charge is 0.140 e. The minimum atomic E-state index is 0.0956. The summed E-state index contributed by atoms with van der Waals surface area (Å²) in [5, 5.41) is 0. The number of rotatable bonds is 2. The van der Waals surface area contributed by atoms with E-state index in [-0.39, 0.29) is 6.10 Å². The first-order valence-corrected chi connectivity index (χ1v) is 6.99. The third kappa shape index (κ3) is 3.68. The van der Waals surface area contributed by atoms with E-state index in [4.69, 9.17) is 15.6 Å². The van der Waals surface area contributed by atoms with Gasteiger partial charge in [0.15, 0.2) is 0 Å². The lowest BCUT2D eigenvalue weighted by Gasteiger charge is -2.17. The van der Waals surface area contributed by atoms with Crippen LogP contribution in [0.3, 0.4) is 0 Å². The summed E-state index contributed by atoms with van der Waals surface area (Å²) in [6, 6.07) is 0.447. The number of aliphatic imine (C=N–C) groups is 1. The second-order valence-corrected chi connectivity index (χ2v) is 5.32. The molecule has 2 aliphatic rings. The number of hydrazine groups is 1. The van der Waals surface area contributed by atoms with Gasteiger partial charge in [-0.15, -0.1) is 0 Å². The van der Waals surface area contributed by atoms with Crippen molar-refractivity contribution in [3.63, 3.8) is 0 Å². The average Bonchev–Trinajstić information content (AvgIpc) is 2.62. The van der Waals surface area contributed by atoms with E-state index in [9.17, 15) is 0 Å². The van der Waals surface area contributed by atoms with E-state index >= 15 is 0 Å². The van der Waals surface area contributed by atoms with Gasteiger partial charge in [-0.05, 0) is 32.6 Å². The molecule has 0 aromatic rings. The van der Waals surface area contributed by atoms with E-state index in [1.807, 2.05) is 0 Å². The first kappa shape index (κ1) is 12.8. The lowest BCUT2D eigenvalue weighted by Crippen LogP contribution is -2.40. The lowest BCUT2D eigenvalue weighted by molar-refractivity contribution is 0.0914. The highest BCUT2D eigenvalue weighted by Crippen LogP contribution is 2.23. The maximum Gasteiger partial charge on any atom is 0.140 e. The summed E-state index contributed by atoms with van der Waals surface area (Å²) in [5.41, 5.74) is 2.76. The maximum absolute atomic E-state index is 5.81. The van der Waals surface area contributed by atoms with Crippen LogP contribution in [0.15, 0.2) is 4.99 Å². The minimum Gasteiger partial charge on any atom is -0.367 e. The Morgan fingerprint density at radius 3 is 2.35 bits per heavy atom. The van der Waals surface area contributed by atoms with E-state index in [0.717, 1.165) is 18.7 Å². The largest absolute Gasteiger partial charge is 0.367 e. The van der Waals surface area contributed by atoms with E-state index in [0.29, 0.717) is 12.1 Å². The number of ether oxygens (including phenoxy) is 1. The molecule has 0 radical (unpaired) electrons. The van der Waals surface area contributed by atoms with Crippen molar-refractivity contribution in [3.8, 4) is 0 Å². The fourth-order valence-corrected chi connectivity index (χ4v) is 2.80. The Morgan fingerprint density at radius 1 is 1.12 bits per heavy atom. The molecule has 17 heavy (non-hydrogen) atoms. The van der Waals surface area contributed by atoms with Gasteiger partial charge in [0.05, 0.1) is 12.1 Å². The fraction of sp³-hybridized carbons (Fsp3) is 0.923. The monoisotopic (exact) mass is 239 g/mol. The fourth-order valence-electron chi connectivity index (χ4n) is 2.80. The Bertz CT molecular complexity index is 259. The summed E-state index contributed by atoms with van der Waals surface area (Å²) in [4.78, 5) is 4.79. The highest BCUT2D eigenvalue weighted by Gasteiger charge is 2.26. The van der Waals surface area contributed by atoms with Crippen LogP contribution in [-0.4, -0.2) is 24.1 Å². The third-order valence-corrected chi connectivity index (χ3v) is 3.83. The standard InChI is InChI=1S/C13H25N3O/c1-10-8-9-12(17-10)13(16-14)15-11-6-4-2-3-5-7-11/h10-12H,2-9,14H2,1H3,(H,15,16). The summed E-state index contributed by atoms with van der Waals surface area (Å²) in [6.45, 7) is 2.11. The van der Waals surface area contributed by atoms with E-state index in [1.165, 1.54) is 38.5 Å². The molecular formula is C13H25N3O. The molecule has 2 fully saturated rings. The Morgan fingerprint density at radius 2 is 1.82 bits per heavy atom. The zero-order valence-corrected chi connectivity index (χ0v) is 10.8. The molecule has 4 nitrogen and oxygen atoms in total. The minimum absolute atomic E-state index is 0.0956. The average molecular weight is 239 g/mol. The Hall–Kier alpha value is -0.610. The molecule has 4 heteroatoms.